The van der Waals surface area contributed by atoms with E-state index in [9.17, 15) is 10.1 Å². The minimum Gasteiger partial charge on any atom is -0.258 e. The van der Waals surface area contributed by atoms with Crippen LogP contribution < -0.4 is 0 Å². The number of nitro benzene ring substituents is 1. The highest BCUT2D eigenvalue weighted by atomic mass is 16.6. The molecule has 100 valence electrons. The summed E-state index contributed by atoms with van der Waals surface area (Å²) in [4.78, 5) is 10.7. The minimum atomic E-state index is -0.359. The number of nitrogens with zero attached hydrogens (tertiary/aromatic N) is 3. The summed E-state index contributed by atoms with van der Waals surface area (Å²) in [6.07, 6.45) is 1.73. The van der Waals surface area contributed by atoms with Crippen LogP contribution in [-0.4, -0.2) is 14.7 Å². The van der Waals surface area contributed by atoms with Crippen molar-refractivity contribution in [2.75, 3.05) is 0 Å². The van der Waals surface area contributed by atoms with Gasteiger partial charge in [0.25, 0.3) is 5.69 Å². The minimum absolute atomic E-state index is 0.118. The van der Waals surface area contributed by atoms with Crippen LogP contribution in [0.4, 0.5) is 5.69 Å². The fourth-order valence-electron chi connectivity index (χ4n) is 2.34. The molecule has 0 fully saturated rings. The van der Waals surface area contributed by atoms with E-state index in [0.717, 1.165) is 22.2 Å². The molecule has 2 aromatic carbocycles. The summed E-state index contributed by atoms with van der Waals surface area (Å²) in [5, 5.41) is 16.3. The van der Waals surface area contributed by atoms with Crippen molar-refractivity contribution in [2.45, 2.75) is 13.8 Å². The number of hydrogen-bond donors (Lipinski definition) is 0. The summed E-state index contributed by atoms with van der Waals surface area (Å²) in [6.45, 7) is 3.74. The number of aromatic nitrogens is 2. The molecular formula is C15H13N3O2. The van der Waals surface area contributed by atoms with Crippen molar-refractivity contribution < 1.29 is 4.92 Å². The van der Waals surface area contributed by atoms with Crippen molar-refractivity contribution in [2.24, 2.45) is 0 Å². The molecule has 5 heteroatoms. The molecule has 0 N–H and O–H groups in total. The molecule has 1 aromatic heterocycles. The van der Waals surface area contributed by atoms with Crippen LogP contribution in [0.15, 0.2) is 42.6 Å². The van der Waals surface area contributed by atoms with Gasteiger partial charge in [0, 0.05) is 17.0 Å². The van der Waals surface area contributed by atoms with Gasteiger partial charge in [0.1, 0.15) is 0 Å². The van der Waals surface area contributed by atoms with E-state index < -0.39 is 0 Å². The smallest absolute Gasteiger partial charge is 0.258 e. The Morgan fingerprint density at radius 2 is 2.00 bits per heavy atom. The fourth-order valence-corrected chi connectivity index (χ4v) is 2.34. The normalized spacial score (nSPS) is 10.9. The van der Waals surface area contributed by atoms with Crippen molar-refractivity contribution >= 4 is 16.6 Å². The molecule has 20 heavy (non-hydrogen) atoms. The summed E-state index contributed by atoms with van der Waals surface area (Å²) in [7, 11) is 0. The molecule has 0 amide bonds. The van der Waals surface area contributed by atoms with Gasteiger partial charge in [-0.15, -0.1) is 0 Å². The molecule has 0 saturated heterocycles. The van der Waals surface area contributed by atoms with E-state index in [1.54, 1.807) is 29.9 Å². The Balaban J connectivity index is 2.27. The zero-order valence-electron chi connectivity index (χ0n) is 11.2. The third kappa shape index (κ3) is 1.93. The SMILES string of the molecule is Cc1cccc(-n2ncc3cc(C)c([N+](=O)[O-])cc32)c1. The predicted octanol–water partition coefficient (Wildman–Crippen LogP) is 3.55. The maximum atomic E-state index is 11.1. The number of aryl methyl sites for hydroxylation is 2. The Bertz CT molecular complexity index is 821. The van der Waals surface area contributed by atoms with Crippen LogP contribution in [0.2, 0.25) is 0 Å². The van der Waals surface area contributed by atoms with Crippen LogP contribution in [0.25, 0.3) is 16.6 Å². The van der Waals surface area contributed by atoms with E-state index in [1.165, 1.54) is 0 Å². The van der Waals surface area contributed by atoms with Crippen molar-refractivity contribution in [3.63, 3.8) is 0 Å². The molecule has 0 saturated carbocycles. The second-order valence-electron chi connectivity index (χ2n) is 4.85. The molecule has 0 aliphatic heterocycles. The van der Waals surface area contributed by atoms with E-state index >= 15 is 0 Å². The van der Waals surface area contributed by atoms with Gasteiger partial charge in [-0.3, -0.25) is 10.1 Å². The van der Waals surface area contributed by atoms with Crippen molar-refractivity contribution in [3.8, 4) is 5.69 Å². The van der Waals surface area contributed by atoms with Gasteiger partial charge >= 0.3 is 0 Å². The number of fused-ring (bicyclic) bond motifs is 1. The highest BCUT2D eigenvalue weighted by Crippen LogP contribution is 2.27. The molecule has 0 aliphatic rings. The largest absolute Gasteiger partial charge is 0.274 e. The molecule has 0 aliphatic carbocycles. The lowest BCUT2D eigenvalue weighted by atomic mass is 10.1. The Hall–Kier alpha value is -2.69. The number of benzene rings is 2. The standard InChI is InChI=1S/C15H13N3O2/c1-10-4-3-5-13(6-10)17-15-8-14(18(19)20)11(2)7-12(15)9-16-17/h3-9H,1-2H3. The maximum absolute atomic E-state index is 11.1. The van der Waals surface area contributed by atoms with Crippen LogP contribution in [0, 0.1) is 24.0 Å². The Morgan fingerprint density at radius 1 is 1.20 bits per heavy atom. The lowest BCUT2D eigenvalue weighted by molar-refractivity contribution is -0.385. The second-order valence-corrected chi connectivity index (χ2v) is 4.85. The lowest BCUT2D eigenvalue weighted by Crippen LogP contribution is -1.97. The van der Waals surface area contributed by atoms with Gasteiger partial charge < -0.3 is 0 Å². The van der Waals surface area contributed by atoms with Crippen LogP contribution in [0.3, 0.4) is 0 Å². The number of rotatable bonds is 2. The second kappa shape index (κ2) is 4.45. The Labute approximate surface area is 115 Å². The zero-order valence-corrected chi connectivity index (χ0v) is 11.2. The molecule has 3 aromatic rings. The zero-order chi connectivity index (χ0) is 14.3. The highest BCUT2D eigenvalue weighted by Gasteiger charge is 2.15. The molecule has 1 heterocycles. The van der Waals surface area contributed by atoms with Crippen molar-refractivity contribution in [3.05, 3.63) is 63.8 Å². The van der Waals surface area contributed by atoms with Gasteiger partial charge in [0.05, 0.1) is 22.3 Å². The predicted molar refractivity (Wildman–Crippen MR) is 77.2 cm³/mol. The molecule has 0 unspecified atom stereocenters. The molecule has 0 atom stereocenters. The summed E-state index contributed by atoms with van der Waals surface area (Å²) < 4.78 is 1.73. The van der Waals surface area contributed by atoms with Crippen LogP contribution in [0.1, 0.15) is 11.1 Å². The van der Waals surface area contributed by atoms with Gasteiger partial charge in [-0.25, -0.2) is 4.68 Å². The van der Waals surface area contributed by atoms with E-state index in [4.69, 9.17) is 0 Å². The van der Waals surface area contributed by atoms with Crippen molar-refractivity contribution in [1.29, 1.82) is 0 Å². The first-order valence-electron chi connectivity index (χ1n) is 6.26. The van der Waals surface area contributed by atoms with Crippen LogP contribution in [0.5, 0.6) is 0 Å². The monoisotopic (exact) mass is 267 g/mol. The van der Waals surface area contributed by atoms with Gasteiger partial charge in [-0.2, -0.15) is 5.10 Å². The van der Waals surface area contributed by atoms with E-state index in [-0.39, 0.29) is 10.6 Å². The average Bonchev–Trinajstić information content (AvgIpc) is 2.80. The molecule has 0 spiro atoms. The third-order valence-corrected chi connectivity index (χ3v) is 3.33. The van der Waals surface area contributed by atoms with Crippen LogP contribution >= 0.6 is 0 Å². The molecule has 0 radical (unpaired) electrons. The van der Waals surface area contributed by atoms with Gasteiger partial charge in [-0.05, 0) is 37.6 Å². The van der Waals surface area contributed by atoms with Crippen molar-refractivity contribution in [1.82, 2.24) is 9.78 Å². The first kappa shape index (κ1) is 12.3. The fraction of sp³-hybridized carbons (Fsp3) is 0.133. The summed E-state index contributed by atoms with van der Waals surface area (Å²) in [5.74, 6) is 0. The summed E-state index contributed by atoms with van der Waals surface area (Å²) in [5.41, 5.74) is 3.53. The lowest BCUT2D eigenvalue weighted by Gasteiger charge is -2.05. The Kier molecular flexibility index (Phi) is 2.75. The van der Waals surface area contributed by atoms with Gasteiger partial charge in [-0.1, -0.05) is 12.1 Å². The third-order valence-electron chi connectivity index (χ3n) is 3.33. The van der Waals surface area contributed by atoms with E-state index in [2.05, 4.69) is 5.10 Å². The van der Waals surface area contributed by atoms with E-state index in [0.29, 0.717) is 5.56 Å². The first-order chi connectivity index (χ1) is 9.56. The maximum Gasteiger partial charge on any atom is 0.274 e. The highest BCUT2D eigenvalue weighted by molar-refractivity contribution is 5.84. The van der Waals surface area contributed by atoms with Gasteiger partial charge in [0.15, 0.2) is 0 Å². The topological polar surface area (TPSA) is 61.0 Å². The summed E-state index contributed by atoms with van der Waals surface area (Å²) in [6, 6.07) is 11.3. The van der Waals surface area contributed by atoms with E-state index in [1.807, 2.05) is 31.2 Å². The Morgan fingerprint density at radius 3 is 2.70 bits per heavy atom. The number of nitro groups is 1. The first-order valence-corrected chi connectivity index (χ1v) is 6.26. The quantitative estimate of drug-likeness (QED) is 0.527. The summed E-state index contributed by atoms with van der Waals surface area (Å²) >= 11 is 0. The molecule has 0 bridgehead atoms. The molecule has 5 nitrogen and oxygen atoms in total. The average molecular weight is 267 g/mol. The van der Waals surface area contributed by atoms with Gasteiger partial charge in [0.2, 0.25) is 0 Å². The molecular weight excluding hydrogens is 254 g/mol. The molecule has 3 rings (SSSR count). The van der Waals surface area contributed by atoms with Crippen LogP contribution in [-0.2, 0) is 0 Å². The number of hydrogen-bond acceptors (Lipinski definition) is 3.